The summed E-state index contributed by atoms with van der Waals surface area (Å²) in [6.07, 6.45) is 85.3. The van der Waals surface area contributed by atoms with Crippen molar-refractivity contribution >= 4 is 17.9 Å². The third kappa shape index (κ3) is 63.9. The van der Waals surface area contributed by atoms with Crippen LogP contribution in [0, 0.1) is 0 Å². The first kappa shape index (κ1) is 75.1. The van der Waals surface area contributed by atoms with E-state index < -0.39 is 6.10 Å². The minimum absolute atomic E-state index is 0.0733. The molecule has 6 heteroatoms. The van der Waals surface area contributed by atoms with Crippen molar-refractivity contribution in [1.29, 1.82) is 0 Å². The molecule has 1 atom stereocenters. The topological polar surface area (TPSA) is 78.9 Å². The van der Waals surface area contributed by atoms with Crippen LogP contribution in [0.25, 0.3) is 0 Å². The van der Waals surface area contributed by atoms with Crippen molar-refractivity contribution in [3.8, 4) is 0 Å². The Morgan fingerprint density at radius 1 is 0.269 bits per heavy atom. The van der Waals surface area contributed by atoms with Crippen LogP contribution < -0.4 is 0 Å². The van der Waals surface area contributed by atoms with Crippen LogP contribution in [0.1, 0.15) is 361 Å². The second-order valence-electron chi connectivity index (χ2n) is 23.1. The number of carbonyl (C=O) groups excluding carboxylic acids is 3. The molecule has 6 nitrogen and oxygen atoms in total. The summed E-state index contributed by atoms with van der Waals surface area (Å²) in [6, 6.07) is 0. The Kier molecular flexibility index (Phi) is 64.2. The average molecular weight is 1090 g/mol. The molecule has 0 aromatic heterocycles. The number of hydrogen-bond donors (Lipinski definition) is 0. The van der Waals surface area contributed by atoms with Crippen LogP contribution in [-0.2, 0) is 28.6 Å². The maximum atomic E-state index is 12.9. The molecule has 0 aliphatic rings. The van der Waals surface area contributed by atoms with Crippen LogP contribution in [0.4, 0.5) is 0 Å². The van der Waals surface area contributed by atoms with Crippen LogP contribution in [-0.4, -0.2) is 37.2 Å². The Balaban J connectivity index is 4.23. The third-order valence-electron chi connectivity index (χ3n) is 15.3. The summed E-state index contributed by atoms with van der Waals surface area (Å²) in [5, 5.41) is 0. The fourth-order valence-electron chi connectivity index (χ4n) is 10.1. The van der Waals surface area contributed by atoms with Gasteiger partial charge in [-0.3, -0.25) is 14.4 Å². The van der Waals surface area contributed by atoms with Gasteiger partial charge >= 0.3 is 17.9 Å². The van der Waals surface area contributed by atoms with Crippen LogP contribution in [0.3, 0.4) is 0 Å². The summed E-state index contributed by atoms with van der Waals surface area (Å²) < 4.78 is 17.0. The highest BCUT2D eigenvalue weighted by Gasteiger charge is 2.19. The van der Waals surface area contributed by atoms with Gasteiger partial charge in [-0.2, -0.15) is 0 Å². The Morgan fingerprint density at radius 3 is 0.795 bits per heavy atom. The number of esters is 3. The lowest BCUT2D eigenvalue weighted by atomic mass is 10.0. The van der Waals surface area contributed by atoms with E-state index in [4.69, 9.17) is 14.2 Å². The van der Waals surface area contributed by atoms with E-state index in [0.717, 1.165) is 89.9 Å². The van der Waals surface area contributed by atoms with Crippen LogP contribution in [0.15, 0.2) is 60.8 Å². The summed E-state index contributed by atoms with van der Waals surface area (Å²) in [5.41, 5.74) is 0. The van der Waals surface area contributed by atoms with E-state index in [-0.39, 0.29) is 31.1 Å². The molecule has 0 radical (unpaired) electrons. The molecular weight excluding hydrogens is 961 g/mol. The number of allylic oxidation sites excluding steroid dienone is 10. The van der Waals surface area contributed by atoms with E-state index in [1.807, 2.05) is 0 Å². The standard InChI is InChI=1S/C72H130O6/c1-4-7-10-13-16-19-22-25-27-29-31-33-34-35-36-37-38-40-41-43-45-47-50-53-56-59-62-65-71(74)77-68-69(67-76-70(73)64-61-58-55-52-49-24-21-18-15-12-9-6-3)78-72(75)66-63-60-57-54-51-48-46-44-42-39-32-30-28-26-23-20-17-14-11-8-5-2/h8,11,17,20,26,28-29,31-32,39,69H,4-7,9-10,12-16,18-19,21-25,27,30,33-38,40-68H2,1-3H3/b11-8-,20-17-,28-26-,31-29-,39-32-. The molecule has 0 fully saturated rings. The quantitative estimate of drug-likeness (QED) is 0.0261. The van der Waals surface area contributed by atoms with Crippen molar-refractivity contribution in [2.45, 2.75) is 367 Å². The zero-order valence-corrected chi connectivity index (χ0v) is 52.2. The highest BCUT2D eigenvalue weighted by molar-refractivity contribution is 5.71. The van der Waals surface area contributed by atoms with E-state index >= 15 is 0 Å². The van der Waals surface area contributed by atoms with Crippen molar-refractivity contribution in [2.75, 3.05) is 13.2 Å². The largest absolute Gasteiger partial charge is 0.462 e. The van der Waals surface area contributed by atoms with Gasteiger partial charge in [0.2, 0.25) is 0 Å². The van der Waals surface area contributed by atoms with Gasteiger partial charge < -0.3 is 14.2 Å². The fraction of sp³-hybridized carbons (Fsp3) is 0.819. The molecule has 0 aromatic carbocycles. The number of unbranched alkanes of at least 4 members (excludes halogenated alkanes) is 42. The molecule has 0 rings (SSSR count). The first-order valence-corrected chi connectivity index (χ1v) is 34.3. The van der Waals surface area contributed by atoms with Crippen molar-refractivity contribution < 1.29 is 28.6 Å². The Bertz CT molecular complexity index is 1390. The first-order chi connectivity index (χ1) is 38.5. The molecule has 0 amide bonds. The average Bonchev–Trinajstić information content (AvgIpc) is 3.44. The molecule has 0 N–H and O–H groups in total. The maximum Gasteiger partial charge on any atom is 0.306 e. The van der Waals surface area contributed by atoms with Crippen molar-refractivity contribution in [3.63, 3.8) is 0 Å². The van der Waals surface area contributed by atoms with E-state index in [0.29, 0.717) is 19.3 Å². The summed E-state index contributed by atoms with van der Waals surface area (Å²) in [6.45, 7) is 6.57. The molecule has 0 aliphatic heterocycles. The second kappa shape index (κ2) is 66.6. The molecule has 0 aromatic rings. The van der Waals surface area contributed by atoms with Gasteiger partial charge in [0.15, 0.2) is 6.10 Å². The van der Waals surface area contributed by atoms with Gasteiger partial charge in [0.05, 0.1) is 0 Å². The number of rotatable bonds is 63. The Hall–Kier alpha value is -2.89. The van der Waals surface area contributed by atoms with Gasteiger partial charge in [0.1, 0.15) is 13.2 Å². The summed E-state index contributed by atoms with van der Waals surface area (Å²) in [5.74, 6) is -0.860. The highest BCUT2D eigenvalue weighted by atomic mass is 16.6. The minimum Gasteiger partial charge on any atom is -0.462 e. The molecule has 0 saturated carbocycles. The third-order valence-corrected chi connectivity index (χ3v) is 15.3. The molecule has 0 saturated heterocycles. The van der Waals surface area contributed by atoms with E-state index in [9.17, 15) is 14.4 Å². The fourth-order valence-corrected chi connectivity index (χ4v) is 10.1. The maximum absolute atomic E-state index is 12.9. The smallest absolute Gasteiger partial charge is 0.306 e. The van der Waals surface area contributed by atoms with Crippen molar-refractivity contribution in [3.05, 3.63) is 60.8 Å². The molecular formula is C72H130O6. The summed E-state index contributed by atoms with van der Waals surface area (Å²) in [4.78, 5) is 38.4. The van der Waals surface area contributed by atoms with Gasteiger partial charge in [0, 0.05) is 19.3 Å². The molecule has 0 heterocycles. The van der Waals surface area contributed by atoms with Gasteiger partial charge in [-0.15, -0.1) is 0 Å². The number of ether oxygens (including phenoxy) is 3. The van der Waals surface area contributed by atoms with E-state index in [1.165, 1.54) is 231 Å². The lowest BCUT2D eigenvalue weighted by Crippen LogP contribution is -2.30. The highest BCUT2D eigenvalue weighted by Crippen LogP contribution is 2.18. The molecule has 0 spiro atoms. The monoisotopic (exact) mass is 1090 g/mol. The zero-order valence-electron chi connectivity index (χ0n) is 52.2. The number of carbonyl (C=O) groups is 3. The minimum atomic E-state index is -0.777. The normalized spacial score (nSPS) is 12.4. The summed E-state index contributed by atoms with van der Waals surface area (Å²) in [7, 11) is 0. The predicted octanol–water partition coefficient (Wildman–Crippen LogP) is 23.5. The predicted molar refractivity (Wildman–Crippen MR) is 339 cm³/mol. The van der Waals surface area contributed by atoms with Crippen LogP contribution >= 0.6 is 0 Å². The molecule has 0 aliphatic carbocycles. The molecule has 1 unspecified atom stereocenters. The van der Waals surface area contributed by atoms with E-state index in [1.54, 1.807) is 0 Å². The second-order valence-corrected chi connectivity index (χ2v) is 23.1. The first-order valence-electron chi connectivity index (χ1n) is 34.3. The lowest BCUT2D eigenvalue weighted by Gasteiger charge is -2.18. The summed E-state index contributed by atoms with van der Waals surface area (Å²) >= 11 is 0. The van der Waals surface area contributed by atoms with Crippen LogP contribution in [0.5, 0.6) is 0 Å². The Morgan fingerprint density at radius 2 is 0.500 bits per heavy atom. The lowest BCUT2D eigenvalue weighted by molar-refractivity contribution is -0.167. The SMILES string of the molecule is CC/C=C\C/C=C\C/C=C\C/C=C\CCCCCCCCCCC(=O)OC(COC(=O)CCCCCCCCCCCCCC)COC(=O)CCCCCCCCCCCCCCCCC/C=C\CCCCCCCCCC. The number of hydrogen-bond acceptors (Lipinski definition) is 6. The van der Waals surface area contributed by atoms with Gasteiger partial charge in [-0.05, 0) is 83.5 Å². The van der Waals surface area contributed by atoms with Crippen molar-refractivity contribution in [1.82, 2.24) is 0 Å². The van der Waals surface area contributed by atoms with Gasteiger partial charge in [-0.25, -0.2) is 0 Å². The van der Waals surface area contributed by atoms with E-state index in [2.05, 4.69) is 81.5 Å². The molecule has 0 bridgehead atoms. The van der Waals surface area contributed by atoms with Gasteiger partial charge in [-0.1, -0.05) is 319 Å². The van der Waals surface area contributed by atoms with Crippen LogP contribution in [0.2, 0.25) is 0 Å². The molecule has 78 heavy (non-hydrogen) atoms. The zero-order chi connectivity index (χ0) is 56.4. The van der Waals surface area contributed by atoms with Gasteiger partial charge in [0.25, 0.3) is 0 Å². The Labute approximate surface area is 485 Å². The van der Waals surface area contributed by atoms with Crippen molar-refractivity contribution in [2.24, 2.45) is 0 Å². The molecule has 454 valence electrons.